The van der Waals surface area contributed by atoms with Crippen LogP contribution in [0, 0.1) is 6.92 Å². The smallest absolute Gasteiger partial charge is 0.261 e. The number of rotatable bonds is 4. The van der Waals surface area contributed by atoms with Crippen molar-refractivity contribution in [2.75, 3.05) is 4.72 Å². The van der Waals surface area contributed by atoms with E-state index in [2.05, 4.69) is 30.7 Å². The molecule has 0 unspecified atom stereocenters. The molecule has 0 amide bonds. The average Bonchev–Trinajstić information content (AvgIpc) is 2.92. The third-order valence-electron chi connectivity index (χ3n) is 3.61. The first-order valence-electron chi connectivity index (χ1n) is 7.40. The number of pyridine rings is 1. The summed E-state index contributed by atoms with van der Waals surface area (Å²) in [5.74, 6) is 0. The van der Waals surface area contributed by atoms with Crippen LogP contribution in [0.1, 0.15) is 25.5 Å². The molecule has 2 heterocycles. The molecule has 24 heavy (non-hydrogen) atoms. The van der Waals surface area contributed by atoms with Gasteiger partial charge in [-0.1, -0.05) is 15.9 Å². The van der Waals surface area contributed by atoms with Crippen LogP contribution in [0.5, 0.6) is 0 Å². The Bertz CT molecular complexity index is 1010. The lowest BCUT2D eigenvalue weighted by molar-refractivity contribution is 0.546. The molecule has 3 aromatic rings. The van der Waals surface area contributed by atoms with E-state index in [1.165, 1.54) is 6.20 Å². The van der Waals surface area contributed by atoms with Gasteiger partial charge in [-0.15, -0.1) is 0 Å². The lowest BCUT2D eigenvalue weighted by Crippen LogP contribution is -2.13. The van der Waals surface area contributed by atoms with Gasteiger partial charge in [0, 0.05) is 15.9 Å². The molecule has 2 aromatic heterocycles. The van der Waals surface area contributed by atoms with Crippen LogP contribution < -0.4 is 4.72 Å². The van der Waals surface area contributed by atoms with Crippen molar-refractivity contribution >= 4 is 42.7 Å². The Labute approximate surface area is 149 Å². The first-order chi connectivity index (χ1) is 11.3. The van der Waals surface area contributed by atoms with Gasteiger partial charge in [-0.25, -0.2) is 18.1 Å². The molecule has 8 heteroatoms. The second-order valence-electron chi connectivity index (χ2n) is 5.84. The predicted octanol–water partition coefficient (Wildman–Crippen LogP) is 3.88. The summed E-state index contributed by atoms with van der Waals surface area (Å²) in [5.41, 5.74) is 1.99. The standard InChI is InChI=1S/C16H17BrN4O2S/c1-10(2)21-16-12(8-19-21)7-13(9-18-16)20-24(22,23)14-4-5-15(17)11(3)6-14/h4-10,20H,1-3H3. The van der Waals surface area contributed by atoms with Gasteiger partial charge in [0.05, 0.1) is 23.0 Å². The Morgan fingerprint density at radius 2 is 1.96 bits per heavy atom. The summed E-state index contributed by atoms with van der Waals surface area (Å²) in [5, 5.41) is 5.07. The van der Waals surface area contributed by atoms with Gasteiger partial charge >= 0.3 is 0 Å². The molecule has 0 spiro atoms. The monoisotopic (exact) mass is 408 g/mol. The fourth-order valence-corrected chi connectivity index (χ4v) is 3.74. The highest BCUT2D eigenvalue weighted by molar-refractivity contribution is 9.10. The Hall–Kier alpha value is -1.93. The van der Waals surface area contributed by atoms with Crippen molar-refractivity contribution in [3.05, 3.63) is 46.7 Å². The Kier molecular flexibility index (Phi) is 4.35. The summed E-state index contributed by atoms with van der Waals surface area (Å²) in [6.45, 7) is 5.87. The van der Waals surface area contributed by atoms with Gasteiger partial charge in [-0.2, -0.15) is 5.10 Å². The SMILES string of the molecule is Cc1cc(S(=O)(=O)Nc2cnc3c(cnn3C(C)C)c2)ccc1Br. The van der Waals surface area contributed by atoms with Gasteiger partial charge in [0.15, 0.2) is 5.65 Å². The third kappa shape index (κ3) is 3.16. The quantitative estimate of drug-likeness (QED) is 0.710. The molecule has 0 fully saturated rings. The van der Waals surface area contributed by atoms with Crippen molar-refractivity contribution in [3.63, 3.8) is 0 Å². The summed E-state index contributed by atoms with van der Waals surface area (Å²) in [4.78, 5) is 4.55. The fraction of sp³-hybridized carbons (Fsp3) is 0.250. The maximum Gasteiger partial charge on any atom is 0.261 e. The number of aromatic nitrogens is 3. The van der Waals surface area contributed by atoms with E-state index >= 15 is 0 Å². The van der Waals surface area contributed by atoms with E-state index in [-0.39, 0.29) is 10.9 Å². The zero-order valence-corrected chi connectivity index (χ0v) is 15.9. The highest BCUT2D eigenvalue weighted by atomic mass is 79.9. The zero-order valence-electron chi connectivity index (χ0n) is 13.5. The topological polar surface area (TPSA) is 76.9 Å². The molecular weight excluding hydrogens is 392 g/mol. The number of nitrogens with zero attached hydrogens (tertiary/aromatic N) is 3. The molecule has 0 atom stereocenters. The number of halogens is 1. The molecule has 126 valence electrons. The Morgan fingerprint density at radius 1 is 1.21 bits per heavy atom. The number of benzene rings is 1. The van der Waals surface area contributed by atoms with E-state index in [9.17, 15) is 8.42 Å². The van der Waals surface area contributed by atoms with Crippen LogP contribution in [0.2, 0.25) is 0 Å². The van der Waals surface area contributed by atoms with Gasteiger partial charge < -0.3 is 0 Å². The number of hydrogen-bond acceptors (Lipinski definition) is 4. The van der Waals surface area contributed by atoms with Crippen LogP contribution in [0.4, 0.5) is 5.69 Å². The van der Waals surface area contributed by atoms with Crippen LogP contribution >= 0.6 is 15.9 Å². The molecule has 0 saturated carbocycles. The second-order valence-corrected chi connectivity index (χ2v) is 8.37. The summed E-state index contributed by atoms with van der Waals surface area (Å²) < 4.78 is 30.3. The average molecular weight is 409 g/mol. The number of sulfonamides is 1. The van der Waals surface area contributed by atoms with Crippen LogP contribution in [0.25, 0.3) is 11.0 Å². The lowest BCUT2D eigenvalue weighted by Gasteiger charge is -2.10. The van der Waals surface area contributed by atoms with Gasteiger partial charge in [0.1, 0.15) is 0 Å². The Balaban J connectivity index is 1.95. The van der Waals surface area contributed by atoms with E-state index in [4.69, 9.17) is 0 Å². The predicted molar refractivity (Wildman–Crippen MR) is 97.6 cm³/mol. The molecular formula is C16H17BrN4O2S. The molecule has 0 aliphatic carbocycles. The number of fused-ring (bicyclic) bond motifs is 1. The zero-order chi connectivity index (χ0) is 17.5. The molecule has 0 bridgehead atoms. The summed E-state index contributed by atoms with van der Waals surface area (Å²) in [6, 6.07) is 6.82. The molecule has 0 radical (unpaired) electrons. The van der Waals surface area contributed by atoms with Gasteiger partial charge in [0.2, 0.25) is 0 Å². The van der Waals surface area contributed by atoms with Crippen LogP contribution in [-0.2, 0) is 10.0 Å². The van der Waals surface area contributed by atoms with Crippen LogP contribution in [-0.4, -0.2) is 23.2 Å². The van der Waals surface area contributed by atoms with Gasteiger partial charge in [-0.05, 0) is 50.6 Å². The summed E-state index contributed by atoms with van der Waals surface area (Å²) >= 11 is 3.37. The number of nitrogens with one attached hydrogen (secondary N) is 1. The van der Waals surface area contributed by atoms with Crippen molar-refractivity contribution in [2.24, 2.45) is 0 Å². The fourth-order valence-electron chi connectivity index (χ4n) is 2.37. The minimum Gasteiger partial charge on any atom is -0.278 e. The molecule has 0 aliphatic heterocycles. The second kappa shape index (κ2) is 6.18. The first kappa shape index (κ1) is 16.9. The normalized spacial score (nSPS) is 12.0. The molecule has 0 aliphatic rings. The highest BCUT2D eigenvalue weighted by Gasteiger charge is 2.16. The molecule has 6 nitrogen and oxygen atoms in total. The Morgan fingerprint density at radius 3 is 2.62 bits per heavy atom. The number of aryl methyl sites for hydroxylation is 1. The third-order valence-corrected chi connectivity index (χ3v) is 5.88. The maximum atomic E-state index is 12.5. The number of hydrogen-bond donors (Lipinski definition) is 1. The van der Waals surface area contributed by atoms with E-state index in [0.29, 0.717) is 5.69 Å². The molecule has 0 saturated heterocycles. The molecule has 1 N–H and O–H groups in total. The molecule has 3 rings (SSSR count). The summed E-state index contributed by atoms with van der Waals surface area (Å²) in [6.07, 6.45) is 3.19. The van der Waals surface area contributed by atoms with Crippen molar-refractivity contribution in [1.29, 1.82) is 0 Å². The lowest BCUT2D eigenvalue weighted by atomic mass is 10.2. The van der Waals surface area contributed by atoms with Gasteiger partial charge in [-0.3, -0.25) is 4.72 Å². The van der Waals surface area contributed by atoms with E-state index in [0.717, 1.165) is 21.1 Å². The van der Waals surface area contributed by atoms with E-state index in [1.807, 2.05) is 20.8 Å². The van der Waals surface area contributed by atoms with Crippen molar-refractivity contribution in [1.82, 2.24) is 14.8 Å². The van der Waals surface area contributed by atoms with E-state index < -0.39 is 10.0 Å². The summed E-state index contributed by atoms with van der Waals surface area (Å²) in [7, 11) is -3.67. The first-order valence-corrected chi connectivity index (χ1v) is 9.68. The maximum absolute atomic E-state index is 12.5. The minimum absolute atomic E-state index is 0.184. The van der Waals surface area contributed by atoms with E-state index in [1.54, 1.807) is 35.1 Å². The molecule has 1 aromatic carbocycles. The van der Waals surface area contributed by atoms with Crippen LogP contribution in [0.15, 0.2) is 46.0 Å². The minimum atomic E-state index is -3.67. The van der Waals surface area contributed by atoms with Crippen molar-refractivity contribution in [3.8, 4) is 0 Å². The van der Waals surface area contributed by atoms with Crippen molar-refractivity contribution < 1.29 is 8.42 Å². The van der Waals surface area contributed by atoms with Crippen LogP contribution in [0.3, 0.4) is 0 Å². The highest BCUT2D eigenvalue weighted by Crippen LogP contribution is 2.24. The largest absolute Gasteiger partial charge is 0.278 e. The van der Waals surface area contributed by atoms with Crippen molar-refractivity contribution in [2.45, 2.75) is 31.7 Å². The van der Waals surface area contributed by atoms with Gasteiger partial charge in [0.25, 0.3) is 10.0 Å². The number of anilines is 1.